The van der Waals surface area contributed by atoms with Crippen molar-refractivity contribution in [2.75, 3.05) is 0 Å². The van der Waals surface area contributed by atoms with Gasteiger partial charge in [-0.3, -0.25) is 9.59 Å². The van der Waals surface area contributed by atoms with Gasteiger partial charge in [-0.2, -0.15) is 0 Å². The number of aromatic nitrogens is 1. The highest BCUT2D eigenvalue weighted by molar-refractivity contribution is 6.08. The third kappa shape index (κ3) is 7.60. The monoisotopic (exact) mass is 433 g/mol. The molecule has 3 rings (SSSR count). The fraction of sp³-hybridized carbons (Fsp3) is 0.393. The lowest BCUT2D eigenvalue weighted by Crippen LogP contribution is -2.16. The molecule has 0 aliphatic heterocycles. The van der Waals surface area contributed by atoms with Crippen molar-refractivity contribution in [2.24, 2.45) is 17.8 Å². The van der Waals surface area contributed by atoms with Crippen LogP contribution in [-0.2, 0) is 16.0 Å². The molecular weight excluding hydrogens is 398 g/mol. The minimum absolute atomic E-state index is 0.0170. The first kappa shape index (κ1) is 25.3. The van der Waals surface area contributed by atoms with Crippen LogP contribution in [0.1, 0.15) is 63.4 Å². The van der Waals surface area contributed by atoms with Crippen LogP contribution >= 0.6 is 0 Å². The van der Waals surface area contributed by atoms with Crippen LogP contribution in [0.4, 0.5) is 0 Å². The first-order chi connectivity index (χ1) is 15.2. The first-order valence-electron chi connectivity index (χ1n) is 11.3. The number of H-pyrrole nitrogens is 1. The predicted molar refractivity (Wildman–Crippen MR) is 131 cm³/mol. The molecule has 0 aliphatic rings. The second-order valence-corrected chi connectivity index (χ2v) is 9.05. The van der Waals surface area contributed by atoms with E-state index < -0.39 is 0 Å². The molecular formula is C28H35NO3. The van der Waals surface area contributed by atoms with E-state index in [2.05, 4.69) is 31.0 Å². The van der Waals surface area contributed by atoms with Gasteiger partial charge in [0.15, 0.2) is 5.78 Å². The predicted octanol–water partition coefficient (Wildman–Crippen LogP) is 6.45. The van der Waals surface area contributed by atoms with Crippen molar-refractivity contribution >= 4 is 28.3 Å². The zero-order valence-corrected chi connectivity index (χ0v) is 19.9. The third-order valence-electron chi connectivity index (χ3n) is 5.55. The molecule has 0 spiro atoms. The van der Waals surface area contributed by atoms with Crippen molar-refractivity contribution in [3.05, 3.63) is 71.9 Å². The van der Waals surface area contributed by atoms with E-state index in [1.54, 1.807) is 6.92 Å². The molecule has 0 radical (unpaired) electrons. The number of nitrogens with one attached hydrogen (secondary N) is 1. The average Bonchev–Trinajstić information content (AvgIpc) is 3.17. The molecule has 2 atom stereocenters. The van der Waals surface area contributed by atoms with Crippen molar-refractivity contribution in [3.8, 4) is 0 Å². The van der Waals surface area contributed by atoms with Crippen molar-refractivity contribution in [1.82, 2.24) is 4.98 Å². The normalized spacial score (nSPS) is 12.7. The summed E-state index contributed by atoms with van der Waals surface area (Å²) in [4.78, 5) is 37.6. The quantitative estimate of drug-likeness (QED) is 0.395. The molecule has 4 nitrogen and oxygen atoms in total. The van der Waals surface area contributed by atoms with Gasteiger partial charge in [0.2, 0.25) is 0 Å². The summed E-state index contributed by atoms with van der Waals surface area (Å²) >= 11 is 0. The summed E-state index contributed by atoms with van der Waals surface area (Å²) < 4.78 is 0. The van der Waals surface area contributed by atoms with Crippen molar-refractivity contribution in [3.63, 3.8) is 0 Å². The molecule has 0 unspecified atom stereocenters. The Hall–Kier alpha value is -3.01. The molecule has 1 aromatic heterocycles. The van der Waals surface area contributed by atoms with Gasteiger partial charge in [0, 0.05) is 40.9 Å². The van der Waals surface area contributed by atoms with E-state index in [1.807, 2.05) is 55.6 Å². The SMILES string of the molecule is CC(=O)C[C@@H](CC(C)C)C(C)=O.C[C@@H](Cc1ccccc1)C(=O)c1c[nH]c2ccccc12. The Morgan fingerprint density at radius 3 is 2.09 bits per heavy atom. The second-order valence-electron chi connectivity index (χ2n) is 9.05. The van der Waals surface area contributed by atoms with Crippen LogP contribution in [0.15, 0.2) is 60.8 Å². The molecule has 0 bridgehead atoms. The maximum absolute atomic E-state index is 12.6. The Labute approximate surface area is 191 Å². The number of hydrogen-bond donors (Lipinski definition) is 1. The molecule has 170 valence electrons. The van der Waals surface area contributed by atoms with Crippen LogP contribution in [0, 0.1) is 17.8 Å². The van der Waals surface area contributed by atoms with Crippen LogP contribution in [0.5, 0.6) is 0 Å². The zero-order chi connectivity index (χ0) is 23.7. The number of ketones is 3. The highest BCUT2D eigenvalue weighted by Gasteiger charge is 2.19. The van der Waals surface area contributed by atoms with E-state index in [0.29, 0.717) is 12.3 Å². The fourth-order valence-electron chi connectivity index (χ4n) is 3.91. The molecule has 0 fully saturated rings. The van der Waals surface area contributed by atoms with Gasteiger partial charge in [-0.25, -0.2) is 0 Å². The van der Waals surface area contributed by atoms with E-state index in [0.717, 1.165) is 29.3 Å². The summed E-state index contributed by atoms with van der Waals surface area (Å²) in [6, 6.07) is 18.1. The first-order valence-corrected chi connectivity index (χ1v) is 11.3. The Kier molecular flexibility index (Phi) is 9.58. The molecule has 4 heteroatoms. The van der Waals surface area contributed by atoms with Crippen LogP contribution in [-0.4, -0.2) is 22.3 Å². The van der Waals surface area contributed by atoms with Crippen molar-refractivity contribution in [1.29, 1.82) is 0 Å². The topological polar surface area (TPSA) is 67.0 Å². The van der Waals surface area contributed by atoms with Crippen molar-refractivity contribution in [2.45, 2.75) is 53.9 Å². The van der Waals surface area contributed by atoms with E-state index >= 15 is 0 Å². The maximum Gasteiger partial charge on any atom is 0.168 e. The summed E-state index contributed by atoms with van der Waals surface area (Å²) in [5, 5.41) is 1.01. The molecule has 2 aromatic carbocycles. The van der Waals surface area contributed by atoms with Gasteiger partial charge >= 0.3 is 0 Å². The van der Waals surface area contributed by atoms with E-state index in [-0.39, 0.29) is 29.2 Å². The van der Waals surface area contributed by atoms with Gasteiger partial charge in [-0.05, 0) is 44.2 Å². The number of hydrogen-bond acceptors (Lipinski definition) is 3. The van der Waals surface area contributed by atoms with Gasteiger partial charge in [0.1, 0.15) is 11.6 Å². The van der Waals surface area contributed by atoms with E-state index in [4.69, 9.17) is 0 Å². The van der Waals surface area contributed by atoms with E-state index in [1.165, 1.54) is 12.5 Å². The molecule has 32 heavy (non-hydrogen) atoms. The lowest BCUT2D eigenvalue weighted by Gasteiger charge is -2.13. The third-order valence-corrected chi connectivity index (χ3v) is 5.55. The van der Waals surface area contributed by atoms with Gasteiger partial charge < -0.3 is 9.78 Å². The lowest BCUT2D eigenvalue weighted by molar-refractivity contribution is -0.126. The number of benzene rings is 2. The standard InChI is InChI=1S/C18H17NO.C10H18O2/c1-13(11-14-7-3-2-4-8-14)18(20)16-12-19-17-10-6-5-9-15(16)17;1-7(2)5-10(9(4)12)6-8(3)11/h2-10,12-13,19H,11H2,1H3;7,10H,5-6H2,1-4H3/t13-;10-/m01/s1. The number of carbonyl (C=O) groups excluding carboxylic acids is 3. The minimum Gasteiger partial charge on any atom is -0.360 e. The number of fused-ring (bicyclic) bond motifs is 1. The summed E-state index contributed by atoms with van der Waals surface area (Å²) in [6.07, 6.45) is 3.84. The average molecular weight is 434 g/mol. The lowest BCUT2D eigenvalue weighted by atomic mass is 9.90. The highest BCUT2D eigenvalue weighted by atomic mass is 16.1. The van der Waals surface area contributed by atoms with Gasteiger partial charge in [0.05, 0.1) is 0 Å². The maximum atomic E-state index is 12.6. The fourth-order valence-corrected chi connectivity index (χ4v) is 3.91. The van der Waals surface area contributed by atoms with Crippen molar-refractivity contribution < 1.29 is 14.4 Å². The van der Waals surface area contributed by atoms with Crippen LogP contribution in [0.25, 0.3) is 10.9 Å². The molecule has 0 amide bonds. The molecule has 1 heterocycles. The van der Waals surface area contributed by atoms with Crippen LogP contribution < -0.4 is 0 Å². The van der Waals surface area contributed by atoms with Crippen LogP contribution in [0.3, 0.4) is 0 Å². The molecule has 0 aliphatic carbocycles. The summed E-state index contributed by atoms with van der Waals surface area (Å²) in [5.74, 6) is 0.860. The number of para-hydroxylation sites is 1. The Morgan fingerprint density at radius 1 is 0.875 bits per heavy atom. The van der Waals surface area contributed by atoms with E-state index in [9.17, 15) is 14.4 Å². The largest absolute Gasteiger partial charge is 0.360 e. The molecule has 3 aromatic rings. The number of Topliss-reactive ketones (excluding diaryl/α,β-unsaturated/α-hetero) is 3. The number of carbonyl (C=O) groups is 3. The van der Waals surface area contributed by atoms with Gasteiger partial charge in [-0.15, -0.1) is 0 Å². The molecule has 1 N–H and O–H groups in total. The second kappa shape index (κ2) is 12.1. The smallest absolute Gasteiger partial charge is 0.168 e. The summed E-state index contributed by atoms with van der Waals surface area (Å²) in [5.41, 5.74) is 3.01. The summed E-state index contributed by atoms with van der Waals surface area (Å²) in [7, 11) is 0. The minimum atomic E-state index is -0.0532. The van der Waals surface area contributed by atoms with Crippen LogP contribution in [0.2, 0.25) is 0 Å². The van der Waals surface area contributed by atoms with Gasteiger partial charge in [-0.1, -0.05) is 69.3 Å². The highest BCUT2D eigenvalue weighted by Crippen LogP contribution is 2.22. The van der Waals surface area contributed by atoms with Gasteiger partial charge in [0.25, 0.3) is 0 Å². The zero-order valence-electron chi connectivity index (χ0n) is 19.9. The Bertz CT molecular complexity index is 1030. The Balaban J connectivity index is 0.000000262. The number of aromatic amines is 1. The molecule has 0 saturated heterocycles. The number of rotatable bonds is 9. The summed E-state index contributed by atoms with van der Waals surface area (Å²) in [6.45, 7) is 9.23. The molecule has 0 saturated carbocycles. The Morgan fingerprint density at radius 2 is 1.50 bits per heavy atom.